The number of halogens is 3. The first-order valence-electron chi connectivity index (χ1n) is 8.79. The molecule has 2 aromatic carbocycles. The van der Waals surface area contributed by atoms with Crippen LogP contribution in [0, 0.1) is 5.92 Å². The van der Waals surface area contributed by atoms with E-state index < -0.39 is 29.6 Å². The summed E-state index contributed by atoms with van der Waals surface area (Å²) in [6.07, 6.45) is -5.14. The highest BCUT2D eigenvalue weighted by Gasteiger charge is 2.65. The molecule has 5 nitrogen and oxygen atoms in total. The van der Waals surface area contributed by atoms with E-state index in [1.807, 2.05) is 24.3 Å². The van der Waals surface area contributed by atoms with Crippen molar-refractivity contribution in [3.05, 3.63) is 65.7 Å². The molecule has 1 saturated heterocycles. The minimum atomic E-state index is -5.14. The Labute approximate surface area is 171 Å². The lowest BCUT2D eigenvalue weighted by Gasteiger charge is -2.46. The third kappa shape index (κ3) is 3.92. The zero-order valence-electron chi connectivity index (χ0n) is 15.7. The van der Waals surface area contributed by atoms with Crippen LogP contribution in [0.25, 0.3) is 0 Å². The highest BCUT2D eigenvalue weighted by atomic mass is 32.1. The van der Waals surface area contributed by atoms with Crippen LogP contribution in [0.15, 0.2) is 54.6 Å². The fourth-order valence-corrected chi connectivity index (χ4v) is 3.66. The van der Waals surface area contributed by atoms with Gasteiger partial charge >= 0.3 is 6.18 Å². The molecule has 3 atom stereocenters. The first-order chi connectivity index (χ1) is 13.5. The van der Waals surface area contributed by atoms with Gasteiger partial charge in [-0.1, -0.05) is 42.5 Å². The maximum absolute atomic E-state index is 13.9. The molecule has 3 N–H and O–H groups in total. The number of thiocarbonyl (C=S) groups is 1. The number of alkyl halides is 3. The second-order valence-electron chi connectivity index (χ2n) is 7.03. The standard InChI is InChI=1S/C20H20F3N3O2S/c1-26(2)14-10-8-12(9-11-14)16-15(17(27)13-6-4-3-5-7-13)19(28,20(21,22)23)25-18(29)24-16/h3-11,15-16,28H,1-2H3,(H2,24,25,29)/t15-,16+,19-/m1/s1. The molecule has 29 heavy (non-hydrogen) atoms. The van der Waals surface area contributed by atoms with Crippen molar-refractivity contribution in [2.24, 2.45) is 5.92 Å². The largest absolute Gasteiger partial charge is 0.437 e. The van der Waals surface area contributed by atoms with E-state index in [4.69, 9.17) is 12.2 Å². The number of ketones is 1. The van der Waals surface area contributed by atoms with Crippen molar-refractivity contribution < 1.29 is 23.1 Å². The van der Waals surface area contributed by atoms with Crippen LogP contribution >= 0.6 is 12.2 Å². The lowest BCUT2D eigenvalue weighted by atomic mass is 9.77. The Morgan fingerprint density at radius 3 is 2.21 bits per heavy atom. The number of nitrogens with one attached hydrogen (secondary N) is 2. The second kappa shape index (κ2) is 7.64. The smallest absolute Gasteiger partial charge is 0.378 e. The van der Waals surface area contributed by atoms with Gasteiger partial charge in [-0.25, -0.2) is 0 Å². The number of hydrogen-bond acceptors (Lipinski definition) is 4. The monoisotopic (exact) mass is 423 g/mol. The summed E-state index contributed by atoms with van der Waals surface area (Å²) in [4.78, 5) is 15.0. The Balaban J connectivity index is 2.13. The third-order valence-corrected chi connectivity index (χ3v) is 5.14. The number of carbonyl (C=O) groups is 1. The van der Waals surface area contributed by atoms with Crippen molar-refractivity contribution >= 4 is 28.8 Å². The molecule has 154 valence electrons. The molecule has 9 heteroatoms. The summed E-state index contributed by atoms with van der Waals surface area (Å²) in [5.41, 5.74) is -2.22. The number of aliphatic hydroxyl groups is 1. The maximum Gasteiger partial charge on any atom is 0.437 e. The molecular weight excluding hydrogens is 403 g/mol. The molecule has 0 aromatic heterocycles. The summed E-state index contributed by atoms with van der Waals surface area (Å²) in [5, 5.41) is 14.9. The Bertz CT molecular complexity index is 903. The van der Waals surface area contributed by atoms with Crippen molar-refractivity contribution in [2.45, 2.75) is 17.9 Å². The predicted octanol–water partition coefficient (Wildman–Crippen LogP) is 3.02. The average molecular weight is 423 g/mol. The first kappa shape index (κ1) is 21.1. The topological polar surface area (TPSA) is 64.6 Å². The zero-order valence-corrected chi connectivity index (χ0v) is 16.5. The van der Waals surface area contributed by atoms with Crippen LogP contribution in [0.1, 0.15) is 22.0 Å². The number of rotatable bonds is 4. The van der Waals surface area contributed by atoms with Crippen molar-refractivity contribution in [1.82, 2.24) is 10.6 Å². The second-order valence-corrected chi connectivity index (χ2v) is 7.44. The quantitative estimate of drug-likeness (QED) is 0.519. The Hall–Kier alpha value is -2.65. The van der Waals surface area contributed by atoms with Gasteiger partial charge in [0.15, 0.2) is 10.9 Å². The number of carbonyl (C=O) groups excluding carboxylic acids is 1. The van der Waals surface area contributed by atoms with E-state index in [1.165, 1.54) is 12.1 Å². The van der Waals surface area contributed by atoms with Crippen LogP contribution in [0.3, 0.4) is 0 Å². The van der Waals surface area contributed by atoms with Gasteiger partial charge in [0, 0.05) is 25.3 Å². The van der Waals surface area contributed by atoms with E-state index in [9.17, 15) is 23.1 Å². The van der Waals surface area contributed by atoms with E-state index >= 15 is 0 Å². The lowest BCUT2D eigenvalue weighted by molar-refractivity contribution is -0.285. The lowest BCUT2D eigenvalue weighted by Crippen LogP contribution is -2.72. The molecule has 0 radical (unpaired) electrons. The Kier molecular flexibility index (Phi) is 5.55. The number of anilines is 1. The van der Waals surface area contributed by atoms with Gasteiger partial charge in [0.05, 0.1) is 6.04 Å². The van der Waals surface area contributed by atoms with Gasteiger partial charge in [0.2, 0.25) is 5.72 Å². The van der Waals surface area contributed by atoms with Crippen LogP contribution in [0.2, 0.25) is 0 Å². The van der Waals surface area contributed by atoms with Crippen LogP contribution < -0.4 is 15.5 Å². The van der Waals surface area contributed by atoms with Crippen LogP contribution in [0.5, 0.6) is 0 Å². The molecule has 0 aliphatic carbocycles. The van der Waals surface area contributed by atoms with Crippen LogP contribution in [-0.2, 0) is 0 Å². The van der Waals surface area contributed by atoms with Gasteiger partial charge in [0.25, 0.3) is 0 Å². The van der Waals surface area contributed by atoms with E-state index in [2.05, 4.69) is 5.32 Å². The minimum Gasteiger partial charge on any atom is -0.378 e. The highest BCUT2D eigenvalue weighted by Crippen LogP contribution is 2.44. The maximum atomic E-state index is 13.9. The molecule has 1 fully saturated rings. The van der Waals surface area contributed by atoms with Gasteiger partial charge < -0.3 is 20.6 Å². The summed E-state index contributed by atoms with van der Waals surface area (Å²) in [6.45, 7) is 0. The molecule has 1 aliphatic rings. The fourth-order valence-electron chi connectivity index (χ4n) is 3.38. The number of hydrogen-bond donors (Lipinski definition) is 3. The number of Topliss-reactive ketones (excluding diaryl/α,β-unsaturated/α-hetero) is 1. The predicted molar refractivity (Wildman–Crippen MR) is 108 cm³/mol. The molecule has 2 aromatic rings. The minimum absolute atomic E-state index is 0.0616. The van der Waals surface area contributed by atoms with Gasteiger partial charge in [-0.15, -0.1) is 0 Å². The third-order valence-electron chi connectivity index (χ3n) is 4.92. The molecule has 1 heterocycles. The molecular formula is C20H20F3N3O2S. The van der Waals surface area contributed by atoms with E-state index in [1.54, 1.807) is 42.5 Å². The average Bonchev–Trinajstić information content (AvgIpc) is 2.67. The number of benzene rings is 2. The van der Waals surface area contributed by atoms with Gasteiger partial charge in [-0.3, -0.25) is 4.79 Å². The molecule has 0 spiro atoms. The fraction of sp³-hybridized carbons (Fsp3) is 0.300. The van der Waals surface area contributed by atoms with Crippen molar-refractivity contribution in [3.8, 4) is 0 Å². The summed E-state index contributed by atoms with van der Waals surface area (Å²) in [7, 11) is 3.66. The summed E-state index contributed by atoms with van der Waals surface area (Å²) in [5.74, 6) is -2.75. The van der Waals surface area contributed by atoms with Gasteiger partial charge in [-0.2, -0.15) is 13.2 Å². The summed E-state index contributed by atoms with van der Waals surface area (Å²) in [6, 6.07) is 13.1. The van der Waals surface area contributed by atoms with E-state index in [-0.39, 0.29) is 10.7 Å². The first-order valence-corrected chi connectivity index (χ1v) is 9.20. The molecule has 3 rings (SSSR count). The van der Waals surface area contributed by atoms with Crippen molar-refractivity contribution in [1.29, 1.82) is 0 Å². The number of nitrogens with zero attached hydrogens (tertiary/aromatic N) is 1. The SMILES string of the molecule is CN(C)c1ccc([C@@H]2NC(=S)N[C@](O)(C(F)(F)F)[C@H]2C(=O)c2ccccc2)cc1. The Morgan fingerprint density at radius 1 is 1.10 bits per heavy atom. The van der Waals surface area contributed by atoms with E-state index in [0.29, 0.717) is 5.56 Å². The zero-order chi connectivity index (χ0) is 21.4. The normalized spacial score (nSPS) is 24.4. The van der Waals surface area contributed by atoms with Gasteiger partial charge in [0.1, 0.15) is 5.92 Å². The van der Waals surface area contributed by atoms with E-state index in [0.717, 1.165) is 5.69 Å². The molecule has 0 amide bonds. The molecule has 1 aliphatic heterocycles. The summed E-state index contributed by atoms with van der Waals surface area (Å²) >= 11 is 4.92. The van der Waals surface area contributed by atoms with Gasteiger partial charge in [-0.05, 0) is 29.9 Å². The summed E-state index contributed by atoms with van der Waals surface area (Å²) < 4.78 is 41.8. The molecule has 0 unspecified atom stereocenters. The van der Waals surface area contributed by atoms with Crippen LogP contribution in [-0.4, -0.2) is 42.0 Å². The Morgan fingerprint density at radius 2 is 1.69 bits per heavy atom. The van der Waals surface area contributed by atoms with Crippen LogP contribution in [0.4, 0.5) is 18.9 Å². The molecule has 0 saturated carbocycles. The molecule has 0 bridgehead atoms. The highest BCUT2D eigenvalue weighted by molar-refractivity contribution is 7.80. The van der Waals surface area contributed by atoms with Crippen molar-refractivity contribution in [2.75, 3.05) is 19.0 Å². The van der Waals surface area contributed by atoms with Crippen molar-refractivity contribution in [3.63, 3.8) is 0 Å².